The van der Waals surface area contributed by atoms with Crippen molar-refractivity contribution in [2.45, 2.75) is 71.4 Å². The number of amides is 1. The van der Waals surface area contributed by atoms with Crippen LogP contribution in [0.5, 0.6) is 0 Å². The maximum Gasteiger partial charge on any atom is 0.224 e. The summed E-state index contributed by atoms with van der Waals surface area (Å²) >= 11 is 1.80. The van der Waals surface area contributed by atoms with Crippen molar-refractivity contribution >= 4 is 23.2 Å². The lowest BCUT2D eigenvalue weighted by molar-refractivity contribution is -0.131. The molecule has 6 heteroatoms. The zero-order valence-corrected chi connectivity index (χ0v) is 17.3. The van der Waals surface area contributed by atoms with Crippen molar-refractivity contribution in [3.8, 4) is 0 Å². The number of hydrogen-bond donors (Lipinski definition) is 2. The summed E-state index contributed by atoms with van der Waals surface area (Å²) in [7, 11) is 1.78. The molecule has 0 bridgehead atoms. The highest BCUT2D eigenvalue weighted by atomic mass is 32.1. The molecule has 2 heterocycles. The topological polar surface area (TPSA) is 56.7 Å². The second kappa shape index (κ2) is 11.2. The number of thiophene rings is 1. The van der Waals surface area contributed by atoms with E-state index in [1.165, 1.54) is 36.1 Å². The van der Waals surface area contributed by atoms with Crippen LogP contribution in [-0.4, -0.2) is 42.9 Å². The van der Waals surface area contributed by atoms with Crippen molar-refractivity contribution in [3.05, 3.63) is 21.9 Å². The largest absolute Gasteiger partial charge is 0.356 e. The van der Waals surface area contributed by atoms with Crippen LogP contribution in [0.3, 0.4) is 0 Å². The van der Waals surface area contributed by atoms with Gasteiger partial charge in [-0.25, -0.2) is 0 Å². The van der Waals surface area contributed by atoms with Gasteiger partial charge in [0.15, 0.2) is 5.96 Å². The summed E-state index contributed by atoms with van der Waals surface area (Å²) in [6, 6.07) is 2.54. The molecule has 2 N–H and O–H groups in total. The van der Waals surface area contributed by atoms with E-state index in [-0.39, 0.29) is 5.91 Å². The Morgan fingerprint density at radius 3 is 3.00 bits per heavy atom. The molecular formula is C20H34N4OS. The summed E-state index contributed by atoms with van der Waals surface area (Å²) in [5, 5.41) is 8.83. The molecule has 5 nitrogen and oxygen atoms in total. The highest BCUT2D eigenvalue weighted by molar-refractivity contribution is 7.10. The quantitative estimate of drug-likeness (QED) is 0.392. The van der Waals surface area contributed by atoms with E-state index in [1.54, 1.807) is 18.4 Å². The lowest BCUT2D eigenvalue weighted by atomic mass is 10.1. The number of unbranched alkanes of at least 4 members (excludes halogenated alkanes) is 3. The van der Waals surface area contributed by atoms with Crippen LogP contribution in [0, 0.1) is 0 Å². The molecule has 1 amide bonds. The van der Waals surface area contributed by atoms with Crippen molar-refractivity contribution in [1.82, 2.24) is 15.5 Å². The number of carbonyl (C=O) groups excluding carboxylic acids is 1. The molecule has 0 fully saturated rings. The van der Waals surface area contributed by atoms with Gasteiger partial charge >= 0.3 is 0 Å². The van der Waals surface area contributed by atoms with Gasteiger partial charge in [-0.05, 0) is 36.8 Å². The minimum Gasteiger partial charge on any atom is -0.356 e. The van der Waals surface area contributed by atoms with Crippen molar-refractivity contribution in [3.63, 3.8) is 0 Å². The molecule has 1 unspecified atom stereocenters. The van der Waals surface area contributed by atoms with E-state index in [0.717, 1.165) is 31.9 Å². The number of rotatable bonds is 9. The standard InChI is InChI=1S/C20H34N4OS/c1-4-5-6-7-8-16(2)23-20(21-3)22-12-9-19(25)24-13-10-18-17(15-24)11-14-26-18/h11,14,16H,4-10,12-13,15H2,1-3H3,(H2,21,22,23). The van der Waals surface area contributed by atoms with Crippen molar-refractivity contribution < 1.29 is 4.79 Å². The van der Waals surface area contributed by atoms with E-state index in [0.29, 0.717) is 19.0 Å². The fourth-order valence-electron chi connectivity index (χ4n) is 3.28. The monoisotopic (exact) mass is 378 g/mol. The van der Waals surface area contributed by atoms with Gasteiger partial charge in [-0.1, -0.05) is 32.6 Å². The van der Waals surface area contributed by atoms with Crippen LogP contribution < -0.4 is 10.6 Å². The second-order valence-electron chi connectivity index (χ2n) is 7.08. The maximum absolute atomic E-state index is 12.5. The molecule has 1 aliphatic rings. The van der Waals surface area contributed by atoms with E-state index < -0.39 is 0 Å². The van der Waals surface area contributed by atoms with E-state index in [9.17, 15) is 4.79 Å². The first-order valence-corrected chi connectivity index (χ1v) is 10.8. The molecular weight excluding hydrogens is 344 g/mol. The Bertz CT molecular complexity index is 584. The number of nitrogens with one attached hydrogen (secondary N) is 2. The zero-order valence-electron chi connectivity index (χ0n) is 16.5. The molecule has 0 aliphatic carbocycles. The van der Waals surface area contributed by atoms with Crippen LogP contribution >= 0.6 is 11.3 Å². The predicted octanol–water partition coefficient (Wildman–Crippen LogP) is 3.55. The molecule has 1 aliphatic heterocycles. The maximum atomic E-state index is 12.5. The summed E-state index contributed by atoms with van der Waals surface area (Å²) in [4.78, 5) is 20.1. The van der Waals surface area contributed by atoms with Gasteiger partial charge in [-0.2, -0.15) is 0 Å². The molecule has 2 rings (SSSR count). The number of hydrogen-bond acceptors (Lipinski definition) is 3. The normalized spacial score (nSPS) is 15.5. The SMILES string of the molecule is CCCCCCC(C)NC(=NC)NCCC(=O)N1CCc2sccc2C1. The van der Waals surface area contributed by atoms with Crippen molar-refractivity contribution in [2.24, 2.45) is 4.99 Å². The molecule has 1 atom stereocenters. The zero-order chi connectivity index (χ0) is 18.8. The van der Waals surface area contributed by atoms with Gasteiger partial charge in [0.25, 0.3) is 0 Å². The first kappa shape index (κ1) is 20.7. The molecule has 0 saturated carbocycles. The summed E-state index contributed by atoms with van der Waals surface area (Å²) in [6.45, 7) is 6.65. The highest BCUT2D eigenvalue weighted by Crippen LogP contribution is 2.24. The Kier molecular flexibility index (Phi) is 8.95. The van der Waals surface area contributed by atoms with E-state index in [4.69, 9.17) is 0 Å². The van der Waals surface area contributed by atoms with Crippen LogP contribution in [0.15, 0.2) is 16.4 Å². The first-order chi connectivity index (χ1) is 12.6. The van der Waals surface area contributed by atoms with Crippen LogP contribution in [0.1, 0.15) is 62.8 Å². The summed E-state index contributed by atoms with van der Waals surface area (Å²) < 4.78 is 0. The molecule has 0 radical (unpaired) electrons. The Labute approximate surface area is 162 Å². The number of carbonyl (C=O) groups is 1. The fourth-order valence-corrected chi connectivity index (χ4v) is 4.17. The van der Waals surface area contributed by atoms with Gasteiger partial charge in [-0.15, -0.1) is 11.3 Å². The molecule has 146 valence electrons. The Morgan fingerprint density at radius 2 is 2.23 bits per heavy atom. The summed E-state index contributed by atoms with van der Waals surface area (Å²) in [5.41, 5.74) is 1.32. The Hall–Kier alpha value is -1.56. The summed E-state index contributed by atoms with van der Waals surface area (Å²) in [6.07, 6.45) is 7.77. The van der Waals surface area contributed by atoms with Gasteiger partial charge in [0.2, 0.25) is 5.91 Å². The van der Waals surface area contributed by atoms with Gasteiger partial charge < -0.3 is 15.5 Å². The predicted molar refractivity (Wildman–Crippen MR) is 111 cm³/mol. The molecule has 1 aromatic rings. The average molecular weight is 379 g/mol. The lowest BCUT2D eigenvalue weighted by Crippen LogP contribution is -2.44. The molecule has 0 aromatic carbocycles. The Balaban J connectivity index is 1.65. The van der Waals surface area contributed by atoms with Crippen LogP contribution in [0.4, 0.5) is 0 Å². The van der Waals surface area contributed by atoms with Gasteiger partial charge in [-0.3, -0.25) is 9.79 Å². The smallest absolute Gasteiger partial charge is 0.224 e. The third kappa shape index (κ3) is 6.63. The minimum atomic E-state index is 0.220. The minimum absolute atomic E-state index is 0.220. The molecule has 0 saturated heterocycles. The lowest BCUT2D eigenvalue weighted by Gasteiger charge is -2.27. The van der Waals surface area contributed by atoms with E-state index in [2.05, 4.69) is 40.9 Å². The van der Waals surface area contributed by atoms with E-state index >= 15 is 0 Å². The van der Waals surface area contributed by atoms with Crippen molar-refractivity contribution in [2.75, 3.05) is 20.1 Å². The summed E-state index contributed by atoms with van der Waals surface area (Å²) in [5.74, 6) is 1.01. The second-order valence-corrected chi connectivity index (χ2v) is 8.08. The number of aliphatic imine (C=N–C) groups is 1. The highest BCUT2D eigenvalue weighted by Gasteiger charge is 2.21. The first-order valence-electron chi connectivity index (χ1n) is 9.94. The van der Waals surface area contributed by atoms with Crippen LogP contribution in [-0.2, 0) is 17.8 Å². The Morgan fingerprint density at radius 1 is 1.38 bits per heavy atom. The molecule has 1 aromatic heterocycles. The van der Waals surface area contributed by atoms with E-state index in [1.807, 2.05) is 4.90 Å². The fraction of sp³-hybridized carbons (Fsp3) is 0.700. The average Bonchev–Trinajstić information content (AvgIpc) is 3.12. The third-order valence-electron chi connectivity index (χ3n) is 4.89. The number of nitrogens with zero attached hydrogens (tertiary/aromatic N) is 2. The number of guanidine groups is 1. The molecule has 0 spiro atoms. The van der Waals surface area contributed by atoms with Gasteiger partial charge in [0.1, 0.15) is 0 Å². The number of fused-ring (bicyclic) bond motifs is 1. The third-order valence-corrected chi connectivity index (χ3v) is 5.91. The van der Waals surface area contributed by atoms with Gasteiger partial charge in [0, 0.05) is 44.0 Å². The van der Waals surface area contributed by atoms with Crippen molar-refractivity contribution in [1.29, 1.82) is 0 Å². The van der Waals surface area contributed by atoms with Gasteiger partial charge in [0.05, 0.1) is 0 Å². The van der Waals surface area contributed by atoms with Crippen LogP contribution in [0.2, 0.25) is 0 Å². The van der Waals surface area contributed by atoms with Crippen LogP contribution in [0.25, 0.3) is 0 Å². The molecule has 26 heavy (non-hydrogen) atoms.